The highest BCUT2D eigenvalue weighted by molar-refractivity contribution is 5.42. The van der Waals surface area contributed by atoms with Crippen molar-refractivity contribution >= 4 is 0 Å². The van der Waals surface area contributed by atoms with Gasteiger partial charge in [0.25, 0.3) is 0 Å². The lowest BCUT2D eigenvalue weighted by molar-refractivity contribution is 0.529. The SMILES string of the molecule is CCCNC1CCc2c(Cc3cccnc3)cccc21. The van der Waals surface area contributed by atoms with E-state index in [2.05, 4.69) is 41.5 Å². The van der Waals surface area contributed by atoms with Crippen LogP contribution in [0, 0.1) is 0 Å². The van der Waals surface area contributed by atoms with E-state index in [1.165, 1.54) is 36.0 Å². The van der Waals surface area contributed by atoms with Crippen LogP contribution in [0.15, 0.2) is 42.7 Å². The normalized spacial score (nSPS) is 17.1. The third kappa shape index (κ3) is 2.75. The van der Waals surface area contributed by atoms with Crippen LogP contribution in [0.3, 0.4) is 0 Å². The van der Waals surface area contributed by atoms with Crippen LogP contribution in [0.5, 0.6) is 0 Å². The second kappa shape index (κ2) is 6.19. The summed E-state index contributed by atoms with van der Waals surface area (Å²) in [5, 5.41) is 3.67. The number of hydrogen-bond donors (Lipinski definition) is 1. The molecule has 0 spiro atoms. The average molecular weight is 266 g/mol. The molecule has 1 atom stereocenters. The lowest BCUT2D eigenvalue weighted by Gasteiger charge is -2.14. The summed E-state index contributed by atoms with van der Waals surface area (Å²) in [6.45, 7) is 3.33. The standard InChI is InChI=1S/C18H22N2/c1-2-10-20-18-9-8-16-15(6-3-7-17(16)18)12-14-5-4-11-19-13-14/h3-7,11,13,18,20H,2,8-10,12H2,1H3. The molecule has 0 radical (unpaired) electrons. The Kier molecular flexibility index (Phi) is 4.12. The van der Waals surface area contributed by atoms with Crippen molar-refractivity contribution in [3.63, 3.8) is 0 Å². The van der Waals surface area contributed by atoms with Gasteiger partial charge in [-0.05, 0) is 60.5 Å². The number of rotatable bonds is 5. The molecule has 2 nitrogen and oxygen atoms in total. The van der Waals surface area contributed by atoms with E-state index in [1.807, 2.05) is 18.5 Å². The van der Waals surface area contributed by atoms with Crippen molar-refractivity contribution in [2.75, 3.05) is 6.54 Å². The first-order chi connectivity index (χ1) is 9.88. The highest BCUT2D eigenvalue weighted by atomic mass is 14.9. The fraction of sp³-hybridized carbons (Fsp3) is 0.389. The molecule has 1 aliphatic rings. The zero-order valence-corrected chi connectivity index (χ0v) is 12.1. The van der Waals surface area contributed by atoms with E-state index in [1.54, 1.807) is 5.56 Å². The minimum atomic E-state index is 0.554. The van der Waals surface area contributed by atoms with Crippen molar-refractivity contribution in [3.05, 3.63) is 65.0 Å². The molecule has 1 aromatic carbocycles. The van der Waals surface area contributed by atoms with Crippen molar-refractivity contribution in [2.45, 2.75) is 38.6 Å². The number of nitrogens with zero attached hydrogens (tertiary/aromatic N) is 1. The van der Waals surface area contributed by atoms with Gasteiger partial charge in [0, 0.05) is 18.4 Å². The maximum Gasteiger partial charge on any atom is 0.0326 e. The Morgan fingerprint density at radius 3 is 3.00 bits per heavy atom. The van der Waals surface area contributed by atoms with E-state index < -0.39 is 0 Å². The topological polar surface area (TPSA) is 24.9 Å². The van der Waals surface area contributed by atoms with E-state index in [4.69, 9.17) is 0 Å². The summed E-state index contributed by atoms with van der Waals surface area (Å²) in [4.78, 5) is 4.22. The zero-order chi connectivity index (χ0) is 13.8. The minimum absolute atomic E-state index is 0.554. The largest absolute Gasteiger partial charge is 0.310 e. The van der Waals surface area contributed by atoms with E-state index >= 15 is 0 Å². The van der Waals surface area contributed by atoms with E-state index in [0.29, 0.717) is 6.04 Å². The van der Waals surface area contributed by atoms with Gasteiger partial charge in [-0.2, -0.15) is 0 Å². The molecule has 1 N–H and O–H groups in total. The maximum atomic E-state index is 4.22. The number of aromatic nitrogens is 1. The van der Waals surface area contributed by atoms with Gasteiger partial charge in [0.15, 0.2) is 0 Å². The molecule has 2 aromatic rings. The van der Waals surface area contributed by atoms with Crippen LogP contribution >= 0.6 is 0 Å². The first kappa shape index (κ1) is 13.3. The number of hydrogen-bond acceptors (Lipinski definition) is 2. The molecule has 0 saturated carbocycles. The van der Waals surface area contributed by atoms with Crippen molar-refractivity contribution in [1.82, 2.24) is 10.3 Å². The number of fused-ring (bicyclic) bond motifs is 1. The fourth-order valence-corrected chi connectivity index (χ4v) is 3.15. The van der Waals surface area contributed by atoms with Gasteiger partial charge < -0.3 is 5.32 Å². The van der Waals surface area contributed by atoms with Crippen LogP contribution in [0.2, 0.25) is 0 Å². The Morgan fingerprint density at radius 1 is 1.25 bits per heavy atom. The molecule has 1 aromatic heterocycles. The summed E-state index contributed by atoms with van der Waals surface area (Å²) in [7, 11) is 0. The smallest absolute Gasteiger partial charge is 0.0326 e. The van der Waals surface area contributed by atoms with Crippen LogP contribution in [0.25, 0.3) is 0 Å². The Bertz CT molecular complexity index is 563. The molecule has 0 bridgehead atoms. The Morgan fingerprint density at radius 2 is 2.20 bits per heavy atom. The molecule has 104 valence electrons. The summed E-state index contributed by atoms with van der Waals surface area (Å²) in [6.07, 6.45) is 8.44. The summed E-state index contributed by atoms with van der Waals surface area (Å²) < 4.78 is 0. The molecule has 20 heavy (non-hydrogen) atoms. The summed E-state index contributed by atoms with van der Waals surface area (Å²) in [5.41, 5.74) is 5.84. The lowest BCUT2D eigenvalue weighted by atomic mass is 9.97. The lowest BCUT2D eigenvalue weighted by Crippen LogP contribution is -2.19. The Labute approximate surface area is 121 Å². The zero-order valence-electron chi connectivity index (χ0n) is 12.1. The van der Waals surface area contributed by atoms with Crippen LogP contribution in [0.4, 0.5) is 0 Å². The second-order valence-electron chi connectivity index (χ2n) is 5.57. The maximum absolute atomic E-state index is 4.22. The van der Waals surface area contributed by atoms with Gasteiger partial charge in [0.1, 0.15) is 0 Å². The highest BCUT2D eigenvalue weighted by Crippen LogP contribution is 2.34. The van der Waals surface area contributed by atoms with Gasteiger partial charge >= 0.3 is 0 Å². The number of nitrogens with one attached hydrogen (secondary N) is 1. The van der Waals surface area contributed by atoms with Gasteiger partial charge in [0.2, 0.25) is 0 Å². The van der Waals surface area contributed by atoms with Gasteiger partial charge in [0.05, 0.1) is 0 Å². The number of pyridine rings is 1. The third-order valence-corrected chi connectivity index (χ3v) is 4.13. The quantitative estimate of drug-likeness (QED) is 0.893. The molecule has 1 heterocycles. The van der Waals surface area contributed by atoms with E-state index in [-0.39, 0.29) is 0 Å². The molecule has 1 unspecified atom stereocenters. The molecule has 0 fully saturated rings. The van der Waals surface area contributed by atoms with Gasteiger partial charge in [-0.1, -0.05) is 31.2 Å². The van der Waals surface area contributed by atoms with Crippen molar-refractivity contribution in [3.8, 4) is 0 Å². The molecular weight excluding hydrogens is 244 g/mol. The highest BCUT2D eigenvalue weighted by Gasteiger charge is 2.23. The van der Waals surface area contributed by atoms with Crippen LogP contribution in [0.1, 0.15) is 48.1 Å². The average Bonchev–Trinajstić information content (AvgIpc) is 2.90. The molecule has 3 rings (SSSR count). The van der Waals surface area contributed by atoms with E-state index in [9.17, 15) is 0 Å². The monoisotopic (exact) mass is 266 g/mol. The first-order valence-electron chi connectivity index (χ1n) is 7.61. The van der Waals surface area contributed by atoms with Crippen LogP contribution < -0.4 is 5.32 Å². The summed E-state index contributed by atoms with van der Waals surface area (Å²) in [6, 6.07) is 11.5. The number of benzene rings is 1. The minimum Gasteiger partial charge on any atom is -0.310 e. The fourth-order valence-electron chi connectivity index (χ4n) is 3.15. The molecule has 0 amide bonds. The first-order valence-corrected chi connectivity index (χ1v) is 7.61. The van der Waals surface area contributed by atoms with E-state index in [0.717, 1.165) is 13.0 Å². The predicted molar refractivity (Wildman–Crippen MR) is 82.8 cm³/mol. The third-order valence-electron chi connectivity index (χ3n) is 4.13. The molecular formula is C18H22N2. The van der Waals surface area contributed by atoms with Crippen molar-refractivity contribution in [1.29, 1.82) is 0 Å². The molecule has 1 aliphatic carbocycles. The molecule has 2 heteroatoms. The van der Waals surface area contributed by atoms with Crippen LogP contribution in [-0.2, 0) is 12.8 Å². The van der Waals surface area contributed by atoms with Crippen molar-refractivity contribution in [2.24, 2.45) is 0 Å². The summed E-state index contributed by atoms with van der Waals surface area (Å²) >= 11 is 0. The predicted octanol–water partition coefficient (Wildman–Crippen LogP) is 3.66. The molecule has 0 aliphatic heterocycles. The van der Waals surface area contributed by atoms with Crippen molar-refractivity contribution < 1.29 is 0 Å². The van der Waals surface area contributed by atoms with Gasteiger partial charge in [-0.15, -0.1) is 0 Å². The van der Waals surface area contributed by atoms with Gasteiger partial charge in [-0.3, -0.25) is 4.98 Å². The summed E-state index contributed by atoms with van der Waals surface area (Å²) in [5.74, 6) is 0. The van der Waals surface area contributed by atoms with Crippen LogP contribution in [-0.4, -0.2) is 11.5 Å². The Balaban J connectivity index is 1.82. The molecule has 0 saturated heterocycles. The Hall–Kier alpha value is -1.67. The van der Waals surface area contributed by atoms with Gasteiger partial charge in [-0.25, -0.2) is 0 Å². The second-order valence-corrected chi connectivity index (χ2v) is 5.57.